The Bertz CT molecular complexity index is 1390. The number of aromatic carboxylic acids is 1. The fourth-order valence-corrected chi connectivity index (χ4v) is 4.73. The van der Waals surface area contributed by atoms with Crippen LogP contribution in [0.3, 0.4) is 0 Å². The number of halogens is 1. The summed E-state index contributed by atoms with van der Waals surface area (Å²) in [5.74, 6) is -1.14. The van der Waals surface area contributed by atoms with Crippen molar-refractivity contribution in [3.63, 3.8) is 0 Å². The van der Waals surface area contributed by atoms with E-state index in [1.54, 1.807) is 17.7 Å². The molecule has 10 heteroatoms. The Morgan fingerprint density at radius 2 is 1.83 bits per heavy atom. The van der Waals surface area contributed by atoms with Gasteiger partial charge >= 0.3 is 5.97 Å². The molecule has 0 amide bonds. The third kappa shape index (κ3) is 4.51. The molecule has 2 N–H and O–H groups in total. The lowest BCUT2D eigenvalue weighted by atomic mass is 10.1. The van der Waals surface area contributed by atoms with Gasteiger partial charge in [-0.2, -0.15) is 0 Å². The molecule has 1 saturated heterocycles. The smallest absolute Gasteiger partial charge is 0.341 e. The van der Waals surface area contributed by atoms with E-state index in [1.807, 2.05) is 29.2 Å². The molecule has 9 nitrogen and oxygen atoms in total. The molecule has 1 aliphatic carbocycles. The molecular weight excluding hydrogens is 467 g/mol. The van der Waals surface area contributed by atoms with Gasteiger partial charge in [-0.3, -0.25) is 9.69 Å². The van der Waals surface area contributed by atoms with Crippen LogP contribution in [0.1, 0.15) is 34.8 Å². The Balaban J connectivity index is 1.35. The number of carboxylic acid groups (broad SMARTS) is 1. The van der Waals surface area contributed by atoms with Crippen LogP contribution in [-0.4, -0.2) is 71.3 Å². The summed E-state index contributed by atoms with van der Waals surface area (Å²) in [5, 5.41) is 22.6. The molecule has 2 aliphatic rings. The van der Waals surface area contributed by atoms with Gasteiger partial charge in [-0.25, -0.2) is 9.18 Å². The molecule has 2 heterocycles. The lowest BCUT2D eigenvalue weighted by Crippen LogP contribution is -2.48. The number of anilines is 1. The highest BCUT2D eigenvalue weighted by Crippen LogP contribution is 2.38. The average Bonchev–Trinajstić information content (AvgIpc) is 3.73. The lowest BCUT2D eigenvalue weighted by molar-refractivity contribution is 0.0695. The van der Waals surface area contributed by atoms with Gasteiger partial charge in [0, 0.05) is 55.9 Å². The van der Waals surface area contributed by atoms with Gasteiger partial charge in [0.05, 0.1) is 18.3 Å². The number of carbonyl (C=O) groups is 1. The molecule has 2 fully saturated rings. The van der Waals surface area contributed by atoms with Gasteiger partial charge in [-0.1, -0.05) is 5.16 Å². The molecule has 188 valence electrons. The van der Waals surface area contributed by atoms with Gasteiger partial charge < -0.3 is 24.5 Å². The molecule has 1 aromatic heterocycles. The first-order valence-electron chi connectivity index (χ1n) is 11.8. The number of benzene rings is 2. The van der Waals surface area contributed by atoms with E-state index in [0.29, 0.717) is 55.4 Å². The summed E-state index contributed by atoms with van der Waals surface area (Å²) in [6.07, 6.45) is 3.18. The van der Waals surface area contributed by atoms with Crippen molar-refractivity contribution in [1.82, 2.24) is 9.47 Å². The van der Waals surface area contributed by atoms with Crippen molar-refractivity contribution in [2.45, 2.75) is 18.9 Å². The standard InChI is InChI=1S/C26H27FN4O5/c1-36-18-6-2-16(3-7-18)22(28-35)15-29-8-10-30(11-9-29)24-13-23-19(12-21(24)27)25(32)20(26(33)34)14-31(23)17-4-5-17/h2-3,6-7,12-14,17,35H,4-5,8-11,15H2,1H3,(H,33,34)/b28-22-. The third-order valence-electron chi connectivity index (χ3n) is 6.90. The topological polar surface area (TPSA) is 108 Å². The highest BCUT2D eigenvalue weighted by molar-refractivity contribution is 6.01. The van der Waals surface area contributed by atoms with Crippen molar-refractivity contribution in [3.05, 3.63) is 69.8 Å². The zero-order chi connectivity index (χ0) is 25.4. The number of hydrogen-bond acceptors (Lipinski definition) is 7. The van der Waals surface area contributed by atoms with E-state index < -0.39 is 17.2 Å². The summed E-state index contributed by atoms with van der Waals surface area (Å²) in [5.41, 5.74) is 1.27. The zero-order valence-electron chi connectivity index (χ0n) is 19.9. The van der Waals surface area contributed by atoms with Crippen LogP contribution in [0.4, 0.5) is 10.1 Å². The maximum Gasteiger partial charge on any atom is 0.341 e. The van der Waals surface area contributed by atoms with Crippen LogP contribution in [-0.2, 0) is 0 Å². The summed E-state index contributed by atoms with van der Waals surface area (Å²) in [6.45, 7) is 2.78. The summed E-state index contributed by atoms with van der Waals surface area (Å²) in [4.78, 5) is 28.3. The Hall–Kier alpha value is -3.92. The summed E-state index contributed by atoms with van der Waals surface area (Å²) >= 11 is 0. The van der Waals surface area contributed by atoms with Crippen LogP contribution in [0, 0.1) is 5.82 Å². The van der Waals surface area contributed by atoms with Crippen LogP contribution in [0.2, 0.25) is 0 Å². The molecular formula is C26H27FN4O5. The van der Waals surface area contributed by atoms with Crippen molar-refractivity contribution in [2.24, 2.45) is 5.16 Å². The first-order chi connectivity index (χ1) is 17.4. The molecule has 0 bridgehead atoms. The molecule has 1 saturated carbocycles. The number of piperazine rings is 1. The van der Waals surface area contributed by atoms with Crippen molar-refractivity contribution in [1.29, 1.82) is 0 Å². The fraction of sp³-hybridized carbons (Fsp3) is 0.346. The maximum atomic E-state index is 15.2. The second kappa shape index (κ2) is 9.62. The van der Waals surface area contributed by atoms with Crippen molar-refractivity contribution >= 4 is 28.3 Å². The van der Waals surface area contributed by atoms with Crippen LogP contribution in [0.25, 0.3) is 10.9 Å². The number of hydrogen-bond donors (Lipinski definition) is 2. The number of rotatable bonds is 7. The minimum absolute atomic E-state index is 0.0879. The summed E-state index contributed by atoms with van der Waals surface area (Å²) in [7, 11) is 1.59. The van der Waals surface area contributed by atoms with E-state index in [4.69, 9.17) is 4.74 Å². The normalized spacial score (nSPS) is 16.9. The molecule has 0 spiro atoms. The van der Waals surface area contributed by atoms with Crippen LogP contribution in [0.15, 0.2) is 52.5 Å². The van der Waals surface area contributed by atoms with E-state index in [0.717, 1.165) is 18.4 Å². The first kappa shape index (κ1) is 23.8. The summed E-state index contributed by atoms with van der Waals surface area (Å²) in [6, 6.07) is 10.3. The van der Waals surface area contributed by atoms with Crippen molar-refractivity contribution < 1.29 is 24.2 Å². The SMILES string of the molecule is COc1ccc(/C(CN2CCN(c3cc4c(cc3F)c(=O)c(C(=O)O)cn4C3CC3)CC2)=N\O)cc1. The number of carboxylic acids is 1. The van der Waals surface area contributed by atoms with Gasteiger partial charge in [0.25, 0.3) is 0 Å². The van der Waals surface area contributed by atoms with Gasteiger partial charge in [-0.05, 0) is 49.2 Å². The molecule has 5 rings (SSSR count). The molecule has 1 aliphatic heterocycles. The van der Waals surface area contributed by atoms with Gasteiger partial charge in [0.1, 0.15) is 22.8 Å². The van der Waals surface area contributed by atoms with E-state index in [2.05, 4.69) is 10.1 Å². The van der Waals surface area contributed by atoms with Crippen LogP contribution >= 0.6 is 0 Å². The molecule has 36 heavy (non-hydrogen) atoms. The number of nitrogens with zero attached hydrogens (tertiary/aromatic N) is 4. The number of aromatic nitrogens is 1. The Morgan fingerprint density at radius 1 is 1.14 bits per heavy atom. The lowest BCUT2D eigenvalue weighted by Gasteiger charge is -2.36. The Labute approximate surface area is 206 Å². The van der Waals surface area contributed by atoms with E-state index in [-0.39, 0.29) is 17.0 Å². The van der Waals surface area contributed by atoms with Gasteiger partial charge in [0.2, 0.25) is 5.43 Å². The van der Waals surface area contributed by atoms with Gasteiger partial charge in [0.15, 0.2) is 0 Å². The monoisotopic (exact) mass is 494 g/mol. The number of pyridine rings is 1. The second-order valence-electron chi connectivity index (χ2n) is 9.17. The molecule has 0 atom stereocenters. The number of ether oxygens (including phenoxy) is 1. The number of oxime groups is 1. The quantitative estimate of drug-likeness (QED) is 0.295. The predicted molar refractivity (Wildman–Crippen MR) is 133 cm³/mol. The van der Waals surface area contributed by atoms with Crippen molar-refractivity contribution in [2.75, 3.05) is 44.7 Å². The minimum Gasteiger partial charge on any atom is -0.497 e. The zero-order valence-corrected chi connectivity index (χ0v) is 19.9. The second-order valence-corrected chi connectivity index (χ2v) is 9.17. The molecule has 3 aromatic rings. The highest BCUT2D eigenvalue weighted by atomic mass is 19.1. The molecule has 2 aromatic carbocycles. The Kier molecular flexibility index (Phi) is 6.36. The number of fused-ring (bicyclic) bond motifs is 1. The minimum atomic E-state index is -1.31. The fourth-order valence-electron chi connectivity index (χ4n) is 4.73. The van der Waals surface area contributed by atoms with Gasteiger partial charge in [-0.15, -0.1) is 0 Å². The third-order valence-corrected chi connectivity index (χ3v) is 6.90. The van der Waals surface area contributed by atoms with Crippen LogP contribution < -0.4 is 15.1 Å². The summed E-state index contributed by atoms with van der Waals surface area (Å²) < 4.78 is 22.2. The Morgan fingerprint density at radius 3 is 2.42 bits per heavy atom. The maximum absolute atomic E-state index is 15.2. The predicted octanol–water partition coefficient (Wildman–Crippen LogP) is 3.18. The average molecular weight is 495 g/mol. The first-order valence-corrected chi connectivity index (χ1v) is 11.8. The largest absolute Gasteiger partial charge is 0.497 e. The van der Waals surface area contributed by atoms with E-state index >= 15 is 4.39 Å². The molecule has 0 unspecified atom stereocenters. The van der Waals surface area contributed by atoms with Crippen LogP contribution in [0.5, 0.6) is 5.75 Å². The molecule has 0 radical (unpaired) electrons. The highest BCUT2D eigenvalue weighted by Gasteiger charge is 2.28. The van der Waals surface area contributed by atoms with E-state index in [9.17, 15) is 19.9 Å². The number of methoxy groups -OCH3 is 1. The van der Waals surface area contributed by atoms with Crippen molar-refractivity contribution in [3.8, 4) is 5.75 Å². The van der Waals surface area contributed by atoms with E-state index in [1.165, 1.54) is 12.3 Å².